The molecule has 0 spiro atoms. The van der Waals surface area contributed by atoms with E-state index < -0.39 is 95.4 Å². The van der Waals surface area contributed by atoms with Crippen molar-refractivity contribution >= 4 is 63.9 Å². The van der Waals surface area contributed by atoms with E-state index in [4.69, 9.17) is 14.5 Å². The summed E-state index contributed by atoms with van der Waals surface area (Å²) in [6.45, 7) is 3.57. The molecule has 0 radical (unpaired) electrons. The van der Waals surface area contributed by atoms with Crippen molar-refractivity contribution in [2.24, 2.45) is 0 Å². The summed E-state index contributed by atoms with van der Waals surface area (Å²) < 4.78 is 28.4. The number of halogens is 1. The highest BCUT2D eigenvalue weighted by molar-refractivity contribution is 6.28. The Morgan fingerprint density at radius 2 is 1.53 bits per heavy atom. The molecule has 76 heavy (non-hydrogen) atoms. The zero-order valence-electron chi connectivity index (χ0n) is 41.9. The number of nitrogens with one attached hydrogen (secondary N) is 5. The summed E-state index contributed by atoms with van der Waals surface area (Å²) in [6.07, 6.45) is 3.75. The number of ether oxygens (including phenoxy) is 2. The van der Waals surface area contributed by atoms with E-state index >= 15 is 4.39 Å². The molecular weight excluding hydrogens is 984 g/mol. The summed E-state index contributed by atoms with van der Waals surface area (Å²) in [5, 5.41) is 24.9. The summed E-state index contributed by atoms with van der Waals surface area (Å²) in [5.41, 5.74) is 3.00. The SMILES string of the molecule is CC[C@@]1(O)C(=O)OCc2c1cc1n(c2=O)Cc2c-1nc1cc(F)c(C)c3c1c2[C@@](C)(COCNC(=O)CNC(=O)[C@H](Cc1ccccc1)NC(=O)CNC(=O)CNC(=O)CCc1ccc(N2C(=O)C=CC2=O)cc1)CC3. The minimum atomic E-state index is -2.03. The molecule has 9 rings (SSSR count). The first-order chi connectivity index (χ1) is 36.4. The molecule has 6 N–H and O–H groups in total. The van der Waals surface area contributed by atoms with Crippen LogP contribution >= 0.6 is 0 Å². The average Bonchev–Trinajstić information content (AvgIpc) is 3.96. The molecular formula is C55H55FN8O12. The van der Waals surface area contributed by atoms with Crippen molar-refractivity contribution in [3.63, 3.8) is 0 Å². The van der Waals surface area contributed by atoms with Crippen LogP contribution in [0.3, 0.4) is 0 Å². The van der Waals surface area contributed by atoms with Gasteiger partial charge in [-0.25, -0.2) is 19.1 Å². The molecule has 3 aliphatic heterocycles. The number of imide groups is 1. The van der Waals surface area contributed by atoms with Crippen LogP contribution in [-0.4, -0.2) is 101 Å². The molecule has 0 bridgehead atoms. The number of esters is 1. The number of fused-ring (bicyclic) bond motifs is 5. The van der Waals surface area contributed by atoms with Gasteiger partial charge < -0.3 is 45.7 Å². The van der Waals surface area contributed by atoms with Gasteiger partial charge in [-0.15, -0.1) is 0 Å². The van der Waals surface area contributed by atoms with Crippen LogP contribution in [0.15, 0.2) is 83.7 Å². The molecule has 0 fully saturated rings. The van der Waals surface area contributed by atoms with Crippen molar-refractivity contribution in [3.05, 3.63) is 140 Å². The fourth-order valence-electron chi connectivity index (χ4n) is 10.3. The van der Waals surface area contributed by atoms with E-state index in [1.807, 2.05) is 6.92 Å². The molecule has 5 aromatic rings. The second-order valence-corrected chi connectivity index (χ2v) is 19.5. The Morgan fingerprint density at radius 3 is 2.25 bits per heavy atom. The molecule has 3 atom stereocenters. The van der Waals surface area contributed by atoms with Crippen molar-refractivity contribution in [1.82, 2.24) is 36.1 Å². The molecule has 1 aliphatic carbocycles. The van der Waals surface area contributed by atoms with Gasteiger partial charge in [0.1, 0.15) is 25.2 Å². The van der Waals surface area contributed by atoms with Crippen LogP contribution in [0.2, 0.25) is 0 Å². The number of benzene rings is 3. The summed E-state index contributed by atoms with van der Waals surface area (Å²) in [5.74, 6) is -5.22. The number of anilines is 1. The molecule has 5 heterocycles. The number of nitrogens with zero attached hydrogens (tertiary/aromatic N) is 3. The first kappa shape index (κ1) is 52.4. The zero-order chi connectivity index (χ0) is 54.1. The predicted octanol–water partition coefficient (Wildman–Crippen LogP) is 1.96. The van der Waals surface area contributed by atoms with E-state index in [1.165, 1.54) is 22.8 Å². The van der Waals surface area contributed by atoms with Crippen LogP contribution in [0.5, 0.6) is 0 Å². The van der Waals surface area contributed by atoms with Crippen LogP contribution in [0.1, 0.15) is 77.6 Å². The molecule has 7 amide bonds. The number of cyclic esters (lactones) is 1. The summed E-state index contributed by atoms with van der Waals surface area (Å²) in [7, 11) is 0. The molecule has 4 aliphatic rings. The van der Waals surface area contributed by atoms with Crippen molar-refractivity contribution < 1.29 is 57.3 Å². The van der Waals surface area contributed by atoms with Crippen molar-refractivity contribution in [2.45, 2.75) is 89.5 Å². The van der Waals surface area contributed by atoms with Crippen molar-refractivity contribution in [2.75, 3.05) is 37.9 Å². The van der Waals surface area contributed by atoms with Crippen LogP contribution in [-0.2, 0) is 91.3 Å². The lowest BCUT2D eigenvalue weighted by atomic mass is 9.69. The maximum absolute atomic E-state index is 15.5. The monoisotopic (exact) mass is 1040 g/mol. The van der Waals surface area contributed by atoms with Crippen molar-refractivity contribution in [3.8, 4) is 11.4 Å². The Bertz CT molecular complexity index is 3320. The second-order valence-electron chi connectivity index (χ2n) is 19.5. The normalized spacial score (nSPS) is 18.3. The van der Waals surface area contributed by atoms with Gasteiger partial charge in [-0.05, 0) is 78.6 Å². The number of pyridine rings is 2. The van der Waals surface area contributed by atoms with E-state index in [2.05, 4.69) is 26.6 Å². The van der Waals surface area contributed by atoms with E-state index in [-0.39, 0.29) is 56.9 Å². The van der Waals surface area contributed by atoms with E-state index in [1.54, 1.807) is 74.5 Å². The Hall–Kier alpha value is -8.43. The molecule has 3 aromatic carbocycles. The lowest BCUT2D eigenvalue weighted by Gasteiger charge is -2.37. The lowest BCUT2D eigenvalue weighted by molar-refractivity contribution is -0.172. The number of aromatic nitrogens is 2. The Labute approximate surface area is 434 Å². The molecule has 20 nitrogen and oxygen atoms in total. The minimum absolute atomic E-state index is 0.0303. The van der Waals surface area contributed by atoms with Gasteiger partial charge in [0.25, 0.3) is 17.4 Å². The topological polar surface area (TPSA) is 274 Å². The number of amides is 7. The van der Waals surface area contributed by atoms with Gasteiger partial charge >= 0.3 is 5.97 Å². The van der Waals surface area contributed by atoms with Gasteiger partial charge in [-0.2, -0.15) is 0 Å². The lowest BCUT2D eigenvalue weighted by Crippen LogP contribution is -2.52. The minimum Gasteiger partial charge on any atom is -0.458 e. The maximum atomic E-state index is 15.5. The highest BCUT2D eigenvalue weighted by Crippen LogP contribution is 2.49. The van der Waals surface area contributed by atoms with Gasteiger partial charge in [0.05, 0.1) is 60.9 Å². The highest BCUT2D eigenvalue weighted by atomic mass is 19.1. The quantitative estimate of drug-likeness (QED) is 0.0294. The van der Waals surface area contributed by atoms with E-state index in [0.717, 1.165) is 32.5 Å². The molecule has 0 saturated heterocycles. The first-order valence-corrected chi connectivity index (χ1v) is 24.8. The fourth-order valence-corrected chi connectivity index (χ4v) is 10.3. The van der Waals surface area contributed by atoms with Gasteiger partial charge in [-0.3, -0.25) is 38.4 Å². The van der Waals surface area contributed by atoms with Gasteiger partial charge in [0.15, 0.2) is 5.60 Å². The third kappa shape index (κ3) is 10.3. The number of aliphatic hydroxyl groups is 1. The van der Waals surface area contributed by atoms with Gasteiger partial charge in [-0.1, -0.05) is 56.3 Å². The third-order valence-corrected chi connectivity index (χ3v) is 14.5. The number of carbonyl (C=O) groups is 8. The standard InChI is InChI=1S/C55H55FN8O12/c1-4-55(74)37-21-41-50-35(26-63(41)52(72)36(37)27-76-53(55)73)49-48-34(30(2)38(56)22-39(48)62-50)18-19-54(49,3)28-75-29-60-44(67)24-59-51(71)40(20-32-8-6-5-7-9-32)61-45(68)25-58-43(66)23-57-42(65)15-12-31-10-13-33(14-11-31)64-46(69)16-17-47(64)70/h5-11,13-14,16-17,21-22,40,74H,4,12,15,18-20,23-29H2,1-3H3,(H,57,65)(H,58,66)(H,59,71)(H,60,67)(H,61,68)/t40-,54+,55-/m0/s1. The highest BCUT2D eigenvalue weighted by Gasteiger charge is 2.47. The number of carbonyl (C=O) groups excluding carboxylic acids is 8. The van der Waals surface area contributed by atoms with E-state index in [9.17, 15) is 48.3 Å². The van der Waals surface area contributed by atoms with Crippen LogP contribution in [0, 0.1) is 12.7 Å². The summed E-state index contributed by atoms with van der Waals surface area (Å²) in [4.78, 5) is 122. The predicted molar refractivity (Wildman–Crippen MR) is 271 cm³/mol. The van der Waals surface area contributed by atoms with Gasteiger partial charge in [0.2, 0.25) is 29.5 Å². The first-order valence-electron chi connectivity index (χ1n) is 24.8. The maximum Gasteiger partial charge on any atom is 0.343 e. The Morgan fingerprint density at radius 1 is 0.842 bits per heavy atom. The zero-order valence-corrected chi connectivity index (χ0v) is 41.9. The third-order valence-electron chi connectivity index (χ3n) is 14.5. The molecule has 0 unspecified atom stereocenters. The number of hydrogen-bond acceptors (Lipinski definition) is 13. The molecule has 394 valence electrons. The van der Waals surface area contributed by atoms with Crippen LogP contribution in [0.25, 0.3) is 22.3 Å². The molecule has 0 saturated carbocycles. The summed E-state index contributed by atoms with van der Waals surface area (Å²) >= 11 is 0. The van der Waals surface area contributed by atoms with Gasteiger partial charge in [0, 0.05) is 53.0 Å². The average molecular weight is 1040 g/mol. The fraction of sp³-hybridized carbons (Fsp3) is 0.345. The molecule has 21 heteroatoms. The van der Waals surface area contributed by atoms with E-state index in [0.29, 0.717) is 53.0 Å². The molecule has 2 aromatic heterocycles. The Kier molecular flexibility index (Phi) is 14.8. The van der Waals surface area contributed by atoms with Crippen LogP contribution < -0.4 is 37.0 Å². The number of rotatable bonds is 19. The summed E-state index contributed by atoms with van der Waals surface area (Å²) in [6, 6.07) is 17.3. The largest absolute Gasteiger partial charge is 0.458 e. The van der Waals surface area contributed by atoms with Crippen LogP contribution in [0.4, 0.5) is 10.1 Å². The van der Waals surface area contributed by atoms with Crippen molar-refractivity contribution in [1.29, 1.82) is 0 Å². The Balaban J connectivity index is 0.777. The second kappa shape index (κ2) is 21.4. The smallest absolute Gasteiger partial charge is 0.343 e. The number of aryl methyl sites for hydroxylation is 2. The number of hydrogen-bond donors (Lipinski definition) is 6.